The average molecular weight is 216 g/mol. The van der Waals surface area contributed by atoms with Crippen LogP contribution in [0.2, 0.25) is 0 Å². The molecule has 82 valence electrons. The maximum Gasteiger partial charge on any atom is 0.313 e. The summed E-state index contributed by atoms with van der Waals surface area (Å²) >= 11 is 0. The first-order chi connectivity index (χ1) is 7.84. The lowest BCUT2D eigenvalue weighted by Crippen LogP contribution is -2.07. The summed E-state index contributed by atoms with van der Waals surface area (Å²) in [6.07, 6.45) is 1.72. The van der Waals surface area contributed by atoms with E-state index in [2.05, 4.69) is 0 Å². The Morgan fingerprint density at radius 3 is 2.62 bits per heavy atom. The van der Waals surface area contributed by atoms with Crippen molar-refractivity contribution in [2.75, 3.05) is 0 Å². The van der Waals surface area contributed by atoms with Crippen LogP contribution >= 0.6 is 0 Å². The monoisotopic (exact) mass is 216 g/mol. The fourth-order valence-corrected chi connectivity index (χ4v) is 1.34. The Morgan fingerprint density at radius 2 is 1.94 bits per heavy atom. The summed E-state index contributed by atoms with van der Waals surface area (Å²) in [4.78, 5) is 11.4. The summed E-state index contributed by atoms with van der Waals surface area (Å²) in [7, 11) is 0. The highest BCUT2D eigenvalue weighted by atomic mass is 16.5. The van der Waals surface area contributed by atoms with Crippen LogP contribution in [0.15, 0.2) is 53.1 Å². The van der Waals surface area contributed by atoms with Gasteiger partial charge in [-0.05, 0) is 17.7 Å². The fraction of sp³-hybridized carbons (Fsp3) is 0.154. The van der Waals surface area contributed by atoms with Gasteiger partial charge in [0, 0.05) is 0 Å². The van der Waals surface area contributed by atoms with E-state index in [1.807, 2.05) is 30.3 Å². The molecular formula is C13H12O3. The van der Waals surface area contributed by atoms with Gasteiger partial charge in [0.05, 0.1) is 6.26 Å². The van der Waals surface area contributed by atoms with Crippen LogP contribution in [0, 0.1) is 0 Å². The number of esters is 1. The zero-order valence-corrected chi connectivity index (χ0v) is 8.76. The van der Waals surface area contributed by atoms with Crippen molar-refractivity contribution in [3.05, 3.63) is 60.1 Å². The summed E-state index contributed by atoms with van der Waals surface area (Å²) < 4.78 is 10.2. The normalized spacial score (nSPS) is 10.0. The van der Waals surface area contributed by atoms with Crippen molar-refractivity contribution < 1.29 is 13.9 Å². The number of rotatable bonds is 4. The molecule has 0 bridgehead atoms. The minimum atomic E-state index is -0.279. The first-order valence-corrected chi connectivity index (χ1v) is 5.06. The number of benzene rings is 1. The van der Waals surface area contributed by atoms with Gasteiger partial charge in [0.1, 0.15) is 18.8 Å². The molecule has 0 saturated carbocycles. The zero-order valence-electron chi connectivity index (χ0n) is 8.76. The fourth-order valence-electron chi connectivity index (χ4n) is 1.34. The lowest BCUT2D eigenvalue weighted by Gasteiger charge is -2.03. The Balaban J connectivity index is 1.80. The minimum Gasteiger partial charge on any atom is -0.469 e. The van der Waals surface area contributed by atoms with Crippen molar-refractivity contribution in [2.24, 2.45) is 0 Å². The molecule has 0 aliphatic heterocycles. The molecule has 2 rings (SSSR count). The molecule has 0 aliphatic rings. The van der Waals surface area contributed by atoms with E-state index in [1.54, 1.807) is 18.4 Å². The Bertz CT molecular complexity index is 431. The molecule has 3 heteroatoms. The second-order valence-electron chi connectivity index (χ2n) is 3.40. The van der Waals surface area contributed by atoms with Crippen LogP contribution in [0.3, 0.4) is 0 Å². The first kappa shape index (κ1) is 10.5. The van der Waals surface area contributed by atoms with Crippen LogP contribution in [0.1, 0.15) is 11.3 Å². The van der Waals surface area contributed by atoms with Crippen molar-refractivity contribution in [1.29, 1.82) is 0 Å². The summed E-state index contributed by atoms with van der Waals surface area (Å²) in [5, 5.41) is 0. The lowest BCUT2D eigenvalue weighted by molar-refractivity contribution is -0.144. The van der Waals surface area contributed by atoms with Gasteiger partial charge in [-0.2, -0.15) is 0 Å². The molecule has 0 N–H and O–H groups in total. The zero-order chi connectivity index (χ0) is 11.2. The molecule has 1 aromatic heterocycles. The Morgan fingerprint density at radius 1 is 1.12 bits per heavy atom. The maximum atomic E-state index is 11.4. The van der Waals surface area contributed by atoms with Crippen LogP contribution in [-0.2, 0) is 22.6 Å². The minimum absolute atomic E-state index is 0.180. The number of carbonyl (C=O) groups excluding carboxylic acids is 1. The number of ether oxygens (including phenoxy) is 1. The van der Waals surface area contributed by atoms with E-state index in [1.165, 1.54) is 0 Å². The molecule has 1 aromatic carbocycles. The third-order valence-electron chi connectivity index (χ3n) is 2.14. The van der Waals surface area contributed by atoms with Crippen molar-refractivity contribution >= 4 is 5.97 Å². The molecule has 0 aliphatic carbocycles. The first-order valence-electron chi connectivity index (χ1n) is 5.06. The van der Waals surface area contributed by atoms with Gasteiger partial charge in [-0.25, -0.2) is 0 Å². The highest BCUT2D eigenvalue weighted by molar-refractivity contribution is 5.71. The lowest BCUT2D eigenvalue weighted by atomic mass is 10.2. The molecule has 1 heterocycles. The Labute approximate surface area is 93.7 Å². The van der Waals surface area contributed by atoms with Crippen LogP contribution in [-0.4, -0.2) is 5.97 Å². The number of hydrogen-bond donors (Lipinski definition) is 0. The SMILES string of the molecule is O=C(Cc1ccco1)OCc1ccccc1. The molecule has 2 aromatic rings. The molecule has 0 amide bonds. The standard InChI is InChI=1S/C13H12O3/c14-13(9-12-7-4-8-15-12)16-10-11-5-2-1-3-6-11/h1-8H,9-10H2. The number of furan rings is 1. The average Bonchev–Trinajstić information content (AvgIpc) is 2.81. The summed E-state index contributed by atoms with van der Waals surface area (Å²) in [5.41, 5.74) is 0.982. The van der Waals surface area contributed by atoms with E-state index < -0.39 is 0 Å². The molecule has 0 unspecified atom stereocenters. The second kappa shape index (κ2) is 5.16. The van der Waals surface area contributed by atoms with Crippen LogP contribution in [0.4, 0.5) is 0 Å². The van der Waals surface area contributed by atoms with Gasteiger partial charge in [0.2, 0.25) is 0 Å². The maximum absolute atomic E-state index is 11.4. The predicted octanol–water partition coefficient (Wildman–Crippen LogP) is 2.57. The third-order valence-corrected chi connectivity index (χ3v) is 2.14. The molecule has 0 radical (unpaired) electrons. The molecule has 16 heavy (non-hydrogen) atoms. The highest BCUT2D eigenvalue weighted by Crippen LogP contribution is 2.05. The van der Waals surface area contributed by atoms with Gasteiger partial charge >= 0.3 is 5.97 Å². The van der Waals surface area contributed by atoms with E-state index in [4.69, 9.17) is 9.15 Å². The van der Waals surface area contributed by atoms with Crippen molar-refractivity contribution in [1.82, 2.24) is 0 Å². The highest BCUT2D eigenvalue weighted by Gasteiger charge is 2.06. The topological polar surface area (TPSA) is 39.4 Å². The van der Waals surface area contributed by atoms with Crippen molar-refractivity contribution in [2.45, 2.75) is 13.0 Å². The van der Waals surface area contributed by atoms with Crippen LogP contribution in [0.25, 0.3) is 0 Å². The summed E-state index contributed by atoms with van der Waals surface area (Å²) in [5.74, 6) is 0.344. The van der Waals surface area contributed by atoms with Crippen molar-refractivity contribution in [3.63, 3.8) is 0 Å². The smallest absolute Gasteiger partial charge is 0.313 e. The van der Waals surface area contributed by atoms with E-state index in [0.717, 1.165) is 5.56 Å². The van der Waals surface area contributed by atoms with E-state index >= 15 is 0 Å². The summed E-state index contributed by atoms with van der Waals surface area (Å²) in [6.45, 7) is 0.306. The molecular weight excluding hydrogens is 204 g/mol. The van der Waals surface area contributed by atoms with Gasteiger partial charge in [0.15, 0.2) is 0 Å². The summed E-state index contributed by atoms with van der Waals surface area (Å²) in [6, 6.07) is 13.1. The second-order valence-corrected chi connectivity index (χ2v) is 3.40. The van der Waals surface area contributed by atoms with Crippen molar-refractivity contribution in [3.8, 4) is 0 Å². The van der Waals surface area contributed by atoms with Gasteiger partial charge in [-0.15, -0.1) is 0 Å². The van der Waals surface area contributed by atoms with Gasteiger partial charge in [-0.3, -0.25) is 4.79 Å². The van der Waals surface area contributed by atoms with E-state index in [9.17, 15) is 4.79 Å². The van der Waals surface area contributed by atoms with Gasteiger partial charge in [-0.1, -0.05) is 30.3 Å². The van der Waals surface area contributed by atoms with Gasteiger partial charge in [0.25, 0.3) is 0 Å². The van der Waals surface area contributed by atoms with Crippen LogP contribution in [0.5, 0.6) is 0 Å². The van der Waals surface area contributed by atoms with E-state index in [-0.39, 0.29) is 12.4 Å². The van der Waals surface area contributed by atoms with Gasteiger partial charge < -0.3 is 9.15 Å². The Kier molecular flexibility index (Phi) is 3.38. The number of hydrogen-bond acceptors (Lipinski definition) is 3. The Hall–Kier alpha value is -2.03. The number of carbonyl (C=O) groups is 1. The quantitative estimate of drug-likeness (QED) is 0.737. The third kappa shape index (κ3) is 2.98. The molecule has 0 saturated heterocycles. The van der Waals surface area contributed by atoms with E-state index in [0.29, 0.717) is 12.4 Å². The molecule has 0 fully saturated rings. The van der Waals surface area contributed by atoms with Crippen LogP contribution < -0.4 is 0 Å². The predicted molar refractivity (Wildman–Crippen MR) is 58.7 cm³/mol. The molecule has 3 nitrogen and oxygen atoms in total. The molecule has 0 spiro atoms. The molecule has 0 atom stereocenters. The largest absolute Gasteiger partial charge is 0.469 e.